The molecule has 0 spiro atoms. The molecule has 102 valence electrons. The van der Waals surface area contributed by atoms with Crippen LogP contribution in [0.25, 0.3) is 0 Å². The Balaban J connectivity index is 1.76. The van der Waals surface area contributed by atoms with E-state index in [1.165, 1.54) is 5.56 Å². The number of hydrogen-bond donors (Lipinski definition) is 2. The van der Waals surface area contributed by atoms with Crippen LogP contribution < -0.4 is 11.1 Å². The smallest absolute Gasteiger partial charge is 0.223 e. The monoisotopic (exact) mass is 324 g/mol. The van der Waals surface area contributed by atoms with Crippen LogP contribution in [0.3, 0.4) is 0 Å². The summed E-state index contributed by atoms with van der Waals surface area (Å²) < 4.78 is 1.04. The predicted molar refractivity (Wildman–Crippen MR) is 76.4 cm³/mol. The molecule has 0 bridgehead atoms. The van der Waals surface area contributed by atoms with Gasteiger partial charge < -0.3 is 11.1 Å². The predicted octanol–water partition coefficient (Wildman–Crippen LogP) is 1.93. The molecule has 1 aliphatic rings. The third-order valence-electron chi connectivity index (χ3n) is 3.30. The zero-order valence-electron chi connectivity index (χ0n) is 10.6. The van der Waals surface area contributed by atoms with Crippen LogP contribution in [0.5, 0.6) is 0 Å². The normalized spacial score (nSPS) is 20.9. The average Bonchev–Trinajstić information content (AvgIpc) is 3.14. The van der Waals surface area contributed by atoms with E-state index in [1.54, 1.807) is 0 Å². The Kier molecular flexibility index (Phi) is 4.58. The van der Waals surface area contributed by atoms with Gasteiger partial charge in [-0.2, -0.15) is 0 Å². The number of nitrogens with two attached hydrogens (primary N) is 1. The van der Waals surface area contributed by atoms with Gasteiger partial charge in [-0.3, -0.25) is 9.59 Å². The molecule has 4 nitrogen and oxygen atoms in total. The summed E-state index contributed by atoms with van der Waals surface area (Å²) in [6.45, 7) is 0.517. The fourth-order valence-corrected chi connectivity index (χ4v) is 2.61. The molecule has 19 heavy (non-hydrogen) atoms. The first kappa shape index (κ1) is 14.1. The number of benzene rings is 1. The van der Waals surface area contributed by atoms with Gasteiger partial charge in [0.25, 0.3) is 0 Å². The first-order valence-electron chi connectivity index (χ1n) is 6.39. The van der Waals surface area contributed by atoms with Crippen molar-refractivity contribution in [1.29, 1.82) is 0 Å². The minimum atomic E-state index is -0.326. The first-order chi connectivity index (χ1) is 9.08. The summed E-state index contributed by atoms with van der Waals surface area (Å²) in [5, 5.41) is 2.86. The largest absolute Gasteiger partial charge is 0.370 e. The van der Waals surface area contributed by atoms with E-state index < -0.39 is 0 Å². The molecule has 1 fully saturated rings. The van der Waals surface area contributed by atoms with E-state index in [-0.39, 0.29) is 17.7 Å². The second-order valence-electron chi connectivity index (χ2n) is 4.86. The van der Waals surface area contributed by atoms with Crippen LogP contribution in [0.4, 0.5) is 0 Å². The van der Waals surface area contributed by atoms with E-state index in [0.29, 0.717) is 25.3 Å². The van der Waals surface area contributed by atoms with Gasteiger partial charge in [0.05, 0.1) is 0 Å². The molecule has 2 amide bonds. The number of rotatable bonds is 6. The molecule has 0 unspecified atom stereocenters. The molecule has 0 aliphatic heterocycles. The zero-order chi connectivity index (χ0) is 13.8. The van der Waals surface area contributed by atoms with Crippen molar-refractivity contribution in [3.63, 3.8) is 0 Å². The maximum Gasteiger partial charge on any atom is 0.223 e. The number of carbonyl (C=O) groups excluding carboxylic acids is 2. The number of nitrogens with one attached hydrogen (secondary N) is 1. The fourth-order valence-electron chi connectivity index (χ4n) is 2.20. The molecule has 1 saturated carbocycles. The topological polar surface area (TPSA) is 72.2 Å². The van der Waals surface area contributed by atoms with E-state index in [2.05, 4.69) is 33.4 Å². The molecule has 0 saturated heterocycles. The molecular formula is C14H17BrN2O2. The van der Waals surface area contributed by atoms with Crippen LogP contribution in [0.2, 0.25) is 0 Å². The molecule has 0 heterocycles. The number of amides is 2. The second-order valence-corrected chi connectivity index (χ2v) is 5.78. The van der Waals surface area contributed by atoms with Gasteiger partial charge in [0.2, 0.25) is 11.8 Å². The highest BCUT2D eigenvalue weighted by Gasteiger charge is 2.43. The Hall–Kier alpha value is -1.36. The summed E-state index contributed by atoms with van der Waals surface area (Å²) in [5.41, 5.74) is 6.24. The zero-order valence-corrected chi connectivity index (χ0v) is 12.2. The minimum Gasteiger partial charge on any atom is -0.370 e. The Bertz CT molecular complexity index is 490. The summed E-state index contributed by atoms with van der Waals surface area (Å²) in [5.74, 6) is 0.152. The van der Waals surface area contributed by atoms with Gasteiger partial charge in [0, 0.05) is 23.4 Å². The number of carbonyl (C=O) groups is 2. The average molecular weight is 325 g/mol. The van der Waals surface area contributed by atoms with Gasteiger partial charge in [0.1, 0.15) is 0 Å². The van der Waals surface area contributed by atoms with Crippen LogP contribution >= 0.6 is 15.9 Å². The molecule has 0 aromatic heterocycles. The SMILES string of the molecule is NC(=O)CCCNC(=O)[C@@H]1C[C@H]1c1cccc(Br)c1. The molecule has 3 N–H and O–H groups in total. The Labute approximate surface area is 120 Å². The van der Waals surface area contributed by atoms with Crippen molar-refractivity contribution in [3.05, 3.63) is 34.3 Å². The lowest BCUT2D eigenvalue weighted by atomic mass is 10.1. The van der Waals surface area contributed by atoms with E-state index in [4.69, 9.17) is 5.73 Å². The van der Waals surface area contributed by atoms with E-state index in [9.17, 15) is 9.59 Å². The van der Waals surface area contributed by atoms with E-state index in [1.807, 2.05) is 12.1 Å². The van der Waals surface area contributed by atoms with Crippen molar-refractivity contribution in [3.8, 4) is 0 Å². The molecule has 2 rings (SSSR count). The van der Waals surface area contributed by atoms with Crippen molar-refractivity contribution in [2.24, 2.45) is 11.7 Å². The standard InChI is InChI=1S/C14H17BrN2O2/c15-10-4-1-3-9(7-10)11-8-12(11)14(19)17-6-2-5-13(16)18/h1,3-4,7,11-12H,2,5-6,8H2,(H2,16,18)(H,17,19)/t11-,12+/m0/s1. The molecule has 0 radical (unpaired) electrons. The van der Waals surface area contributed by atoms with Crippen LogP contribution in [-0.2, 0) is 9.59 Å². The maximum atomic E-state index is 11.9. The van der Waals surface area contributed by atoms with Gasteiger partial charge in [-0.15, -0.1) is 0 Å². The van der Waals surface area contributed by atoms with Crippen LogP contribution in [-0.4, -0.2) is 18.4 Å². The van der Waals surface area contributed by atoms with E-state index >= 15 is 0 Å². The molecule has 1 aromatic carbocycles. The maximum absolute atomic E-state index is 11.9. The second kappa shape index (κ2) is 6.19. The van der Waals surface area contributed by atoms with Crippen molar-refractivity contribution in [1.82, 2.24) is 5.32 Å². The molecule has 1 aliphatic carbocycles. The number of hydrogen-bond acceptors (Lipinski definition) is 2. The molecule has 2 atom stereocenters. The number of halogens is 1. The lowest BCUT2D eigenvalue weighted by molar-refractivity contribution is -0.123. The highest BCUT2D eigenvalue weighted by atomic mass is 79.9. The lowest BCUT2D eigenvalue weighted by Crippen LogP contribution is -2.27. The van der Waals surface area contributed by atoms with Gasteiger partial charge in [-0.05, 0) is 36.5 Å². The van der Waals surface area contributed by atoms with Crippen molar-refractivity contribution in [2.45, 2.75) is 25.2 Å². The molecular weight excluding hydrogens is 308 g/mol. The highest BCUT2D eigenvalue weighted by molar-refractivity contribution is 9.10. The van der Waals surface area contributed by atoms with Crippen LogP contribution in [0.1, 0.15) is 30.7 Å². The quantitative estimate of drug-likeness (QED) is 0.785. The van der Waals surface area contributed by atoms with Crippen molar-refractivity contribution in [2.75, 3.05) is 6.54 Å². The summed E-state index contributed by atoms with van der Waals surface area (Å²) in [7, 11) is 0. The number of primary amides is 1. The summed E-state index contributed by atoms with van der Waals surface area (Å²) in [6, 6.07) is 8.07. The van der Waals surface area contributed by atoms with Gasteiger partial charge in [0.15, 0.2) is 0 Å². The van der Waals surface area contributed by atoms with Crippen molar-refractivity contribution >= 4 is 27.7 Å². The Morgan fingerprint density at radius 1 is 1.42 bits per heavy atom. The third-order valence-corrected chi connectivity index (χ3v) is 3.80. The van der Waals surface area contributed by atoms with E-state index in [0.717, 1.165) is 10.9 Å². The minimum absolute atomic E-state index is 0.0721. The summed E-state index contributed by atoms with van der Waals surface area (Å²) in [6.07, 6.45) is 1.83. The van der Waals surface area contributed by atoms with Gasteiger partial charge in [-0.25, -0.2) is 0 Å². The highest BCUT2D eigenvalue weighted by Crippen LogP contribution is 2.47. The first-order valence-corrected chi connectivity index (χ1v) is 7.18. The Morgan fingerprint density at radius 2 is 2.21 bits per heavy atom. The molecule has 5 heteroatoms. The van der Waals surface area contributed by atoms with Crippen LogP contribution in [0.15, 0.2) is 28.7 Å². The lowest BCUT2D eigenvalue weighted by Gasteiger charge is -2.04. The summed E-state index contributed by atoms with van der Waals surface area (Å²) in [4.78, 5) is 22.4. The third kappa shape index (κ3) is 4.06. The van der Waals surface area contributed by atoms with Gasteiger partial charge >= 0.3 is 0 Å². The fraction of sp³-hybridized carbons (Fsp3) is 0.429. The Morgan fingerprint density at radius 3 is 2.89 bits per heavy atom. The van der Waals surface area contributed by atoms with Gasteiger partial charge in [-0.1, -0.05) is 28.1 Å². The summed E-state index contributed by atoms with van der Waals surface area (Å²) >= 11 is 3.44. The van der Waals surface area contributed by atoms with Crippen LogP contribution in [0, 0.1) is 5.92 Å². The van der Waals surface area contributed by atoms with Crippen molar-refractivity contribution < 1.29 is 9.59 Å². The molecule has 1 aromatic rings.